The first-order valence-electron chi connectivity index (χ1n) is 7.15. The second kappa shape index (κ2) is 5.61. The van der Waals surface area contributed by atoms with Crippen molar-refractivity contribution in [3.05, 3.63) is 0 Å². The second-order valence-corrected chi connectivity index (χ2v) is 8.27. The summed E-state index contributed by atoms with van der Waals surface area (Å²) in [6.07, 6.45) is 4.33. The molecule has 0 spiro atoms. The van der Waals surface area contributed by atoms with Gasteiger partial charge in [-0.1, -0.05) is 0 Å². The zero-order valence-corrected chi connectivity index (χ0v) is 12.9. The first kappa shape index (κ1) is 15.7. The van der Waals surface area contributed by atoms with Crippen LogP contribution in [0.5, 0.6) is 0 Å². The third-order valence-corrected chi connectivity index (χ3v) is 5.67. The van der Waals surface area contributed by atoms with Crippen molar-refractivity contribution < 1.29 is 18.3 Å². The average molecular weight is 304 g/mol. The van der Waals surface area contributed by atoms with E-state index in [1.165, 1.54) is 10.6 Å². The highest BCUT2D eigenvalue weighted by Crippen LogP contribution is 2.39. The molecule has 1 amide bonds. The van der Waals surface area contributed by atoms with Crippen LogP contribution in [0.25, 0.3) is 0 Å². The molecule has 0 bridgehead atoms. The fourth-order valence-corrected chi connectivity index (χ4v) is 3.58. The van der Waals surface area contributed by atoms with Crippen molar-refractivity contribution in [2.45, 2.75) is 38.2 Å². The van der Waals surface area contributed by atoms with E-state index in [4.69, 9.17) is 0 Å². The fourth-order valence-electron chi connectivity index (χ4n) is 2.71. The molecule has 1 saturated carbocycles. The first-order valence-corrected chi connectivity index (χ1v) is 9.00. The molecule has 7 heteroatoms. The monoisotopic (exact) mass is 304 g/mol. The summed E-state index contributed by atoms with van der Waals surface area (Å²) in [6.45, 7) is 2.84. The van der Waals surface area contributed by atoms with E-state index in [9.17, 15) is 18.3 Å². The Bertz CT molecular complexity index is 463. The van der Waals surface area contributed by atoms with Crippen LogP contribution in [0.15, 0.2) is 0 Å². The zero-order valence-electron chi connectivity index (χ0n) is 12.1. The Hall–Kier alpha value is -0.660. The molecular weight excluding hydrogens is 280 g/mol. The molecule has 0 aromatic carbocycles. The number of rotatable bonds is 5. The molecule has 2 N–H and O–H groups in total. The maximum Gasteiger partial charge on any atom is 0.223 e. The van der Waals surface area contributed by atoms with Crippen molar-refractivity contribution in [3.8, 4) is 0 Å². The second-order valence-electron chi connectivity index (χ2n) is 6.29. The van der Waals surface area contributed by atoms with Crippen LogP contribution in [0.4, 0.5) is 0 Å². The van der Waals surface area contributed by atoms with Gasteiger partial charge in [0, 0.05) is 25.6 Å². The van der Waals surface area contributed by atoms with E-state index in [1.54, 1.807) is 6.92 Å². The highest BCUT2D eigenvalue weighted by molar-refractivity contribution is 7.88. The van der Waals surface area contributed by atoms with Crippen LogP contribution in [-0.4, -0.2) is 55.2 Å². The molecule has 1 unspecified atom stereocenters. The third-order valence-electron chi connectivity index (χ3n) is 4.37. The molecule has 6 nitrogen and oxygen atoms in total. The molecule has 1 atom stereocenters. The van der Waals surface area contributed by atoms with Gasteiger partial charge in [0.15, 0.2) is 0 Å². The number of hydrogen-bond acceptors (Lipinski definition) is 4. The lowest BCUT2D eigenvalue weighted by atomic mass is 9.96. The van der Waals surface area contributed by atoms with Crippen LogP contribution in [0.2, 0.25) is 0 Å². The van der Waals surface area contributed by atoms with Crippen LogP contribution in [0, 0.1) is 11.8 Å². The Kier molecular flexibility index (Phi) is 4.41. The normalized spacial score (nSPS) is 25.1. The molecule has 116 valence electrons. The number of piperidine rings is 1. The van der Waals surface area contributed by atoms with E-state index in [-0.39, 0.29) is 18.4 Å². The van der Waals surface area contributed by atoms with Gasteiger partial charge in [0.2, 0.25) is 15.9 Å². The van der Waals surface area contributed by atoms with Crippen molar-refractivity contribution in [2.24, 2.45) is 11.8 Å². The van der Waals surface area contributed by atoms with Gasteiger partial charge in [-0.25, -0.2) is 12.7 Å². The largest absolute Gasteiger partial charge is 0.388 e. The minimum Gasteiger partial charge on any atom is -0.388 e. The van der Waals surface area contributed by atoms with Crippen LogP contribution in [0.1, 0.15) is 32.6 Å². The highest BCUT2D eigenvalue weighted by Gasteiger charge is 2.40. The Morgan fingerprint density at radius 2 is 1.85 bits per heavy atom. The van der Waals surface area contributed by atoms with Crippen LogP contribution in [-0.2, 0) is 14.8 Å². The number of aliphatic hydroxyl groups is 1. The SMILES string of the molecule is CC(O)(CNC(=O)C1CCN(S(C)(=O)=O)CC1)C1CC1. The molecule has 1 aliphatic heterocycles. The van der Waals surface area contributed by atoms with Gasteiger partial charge < -0.3 is 10.4 Å². The van der Waals surface area contributed by atoms with E-state index in [2.05, 4.69) is 5.32 Å². The van der Waals surface area contributed by atoms with Crippen molar-refractivity contribution >= 4 is 15.9 Å². The summed E-state index contributed by atoms with van der Waals surface area (Å²) in [5, 5.41) is 13.0. The van der Waals surface area contributed by atoms with Crippen molar-refractivity contribution in [3.63, 3.8) is 0 Å². The smallest absolute Gasteiger partial charge is 0.223 e. The molecule has 0 aromatic heterocycles. The Balaban J connectivity index is 1.77. The lowest BCUT2D eigenvalue weighted by molar-refractivity contribution is -0.127. The molecule has 0 radical (unpaired) electrons. The van der Waals surface area contributed by atoms with Crippen molar-refractivity contribution in [1.29, 1.82) is 0 Å². The minimum atomic E-state index is -3.15. The topological polar surface area (TPSA) is 86.7 Å². The molecular formula is C13H24N2O4S. The molecule has 1 saturated heterocycles. The molecule has 2 aliphatic rings. The quantitative estimate of drug-likeness (QED) is 0.745. The Morgan fingerprint density at radius 1 is 1.30 bits per heavy atom. The van der Waals surface area contributed by atoms with Gasteiger partial charge >= 0.3 is 0 Å². The standard InChI is InChI=1S/C13H24N2O4S/c1-13(17,11-3-4-11)9-14-12(16)10-5-7-15(8-6-10)20(2,18)19/h10-11,17H,3-9H2,1-2H3,(H,14,16). The number of amides is 1. The summed E-state index contributed by atoms with van der Waals surface area (Å²) < 4.78 is 24.2. The number of carbonyl (C=O) groups excluding carboxylic acids is 1. The van der Waals surface area contributed by atoms with Gasteiger partial charge in [-0.2, -0.15) is 0 Å². The summed E-state index contributed by atoms with van der Waals surface area (Å²) in [4.78, 5) is 12.1. The van der Waals surface area contributed by atoms with Crippen LogP contribution in [0.3, 0.4) is 0 Å². The summed E-state index contributed by atoms with van der Waals surface area (Å²) in [5.74, 6) is 0.0805. The Morgan fingerprint density at radius 3 is 2.30 bits per heavy atom. The van der Waals surface area contributed by atoms with Gasteiger partial charge in [0.05, 0.1) is 11.9 Å². The minimum absolute atomic E-state index is 0.0703. The van der Waals surface area contributed by atoms with Gasteiger partial charge in [0.1, 0.15) is 0 Å². The lowest BCUT2D eigenvalue weighted by Gasteiger charge is -2.30. The molecule has 2 rings (SSSR count). The average Bonchev–Trinajstić information content (AvgIpc) is 3.20. The zero-order chi connectivity index (χ0) is 15.0. The molecule has 1 heterocycles. The number of sulfonamides is 1. The van der Waals surface area contributed by atoms with Crippen molar-refractivity contribution in [2.75, 3.05) is 25.9 Å². The van der Waals surface area contributed by atoms with Gasteiger partial charge in [-0.15, -0.1) is 0 Å². The summed E-state index contributed by atoms with van der Waals surface area (Å²) in [7, 11) is -3.15. The van der Waals surface area contributed by atoms with Crippen LogP contribution < -0.4 is 5.32 Å². The molecule has 0 aromatic rings. The maximum atomic E-state index is 12.1. The summed E-state index contributed by atoms with van der Waals surface area (Å²) in [6, 6.07) is 0. The van der Waals surface area contributed by atoms with Gasteiger partial charge in [0.25, 0.3) is 0 Å². The first-order chi connectivity index (χ1) is 9.20. The fraction of sp³-hybridized carbons (Fsp3) is 0.923. The van der Waals surface area contributed by atoms with Crippen molar-refractivity contribution in [1.82, 2.24) is 9.62 Å². The van der Waals surface area contributed by atoms with Crippen LogP contribution >= 0.6 is 0 Å². The lowest BCUT2D eigenvalue weighted by Crippen LogP contribution is -2.47. The van der Waals surface area contributed by atoms with E-state index < -0.39 is 15.6 Å². The number of nitrogens with one attached hydrogen (secondary N) is 1. The van der Waals surface area contributed by atoms with E-state index in [0.717, 1.165) is 12.8 Å². The predicted molar refractivity (Wildman–Crippen MR) is 75.5 cm³/mol. The molecule has 2 fully saturated rings. The van der Waals surface area contributed by atoms with Gasteiger partial charge in [-0.05, 0) is 38.5 Å². The summed E-state index contributed by atoms with van der Waals surface area (Å²) >= 11 is 0. The van der Waals surface area contributed by atoms with Gasteiger partial charge in [-0.3, -0.25) is 4.79 Å². The van der Waals surface area contributed by atoms with E-state index in [0.29, 0.717) is 31.8 Å². The molecule has 1 aliphatic carbocycles. The Labute approximate surface area is 120 Å². The predicted octanol–water partition coefficient (Wildman–Crippen LogP) is -0.0648. The number of nitrogens with zero attached hydrogens (tertiary/aromatic N) is 1. The van der Waals surface area contributed by atoms with E-state index >= 15 is 0 Å². The number of carbonyl (C=O) groups is 1. The third kappa shape index (κ3) is 3.93. The molecule has 20 heavy (non-hydrogen) atoms. The highest BCUT2D eigenvalue weighted by atomic mass is 32.2. The van der Waals surface area contributed by atoms with E-state index in [1.807, 2.05) is 0 Å². The summed E-state index contributed by atoms with van der Waals surface area (Å²) in [5.41, 5.74) is -0.816. The number of hydrogen-bond donors (Lipinski definition) is 2. The maximum absolute atomic E-state index is 12.1.